The Labute approximate surface area is 115 Å². The molecule has 0 saturated heterocycles. The van der Waals surface area contributed by atoms with E-state index in [1.807, 2.05) is 26.1 Å². The zero-order chi connectivity index (χ0) is 13.9. The predicted molar refractivity (Wildman–Crippen MR) is 74.5 cm³/mol. The van der Waals surface area contributed by atoms with Gasteiger partial charge in [0.05, 0.1) is 12.3 Å². The Kier molecular flexibility index (Phi) is 8.13. The van der Waals surface area contributed by atoms with Crippen LogP contribution in [0, 0.1) is 6.92 Å². The Hall–Kier alpha value is -1.17. The highest BCUT2D eigenvalue weighted by Gasteiger charge is 2.04. The fourth-order valence-corrected chi connectivity index (χ4v) is 1.64. The molecule has 5 heteroatoms. The number of hydrogen-bond donors (Lipinski definition) is 1. The first-order valence-corrected chi connectivity index (χ1v) is 6.58. The summed E-state index contributed by atoms with van der Waals surface area (Å²) in [5, 5.41) is 3.09. The van der Waals surface area contributed by atoms with Gasteiger partial charge in [-0.05, 0) is 32.5 Å². The number of nitrogens with one attached hydrogen (secondary N) is 1. The molecule has 1 N–H and O–H groups in total. The van der Waals surface area contributed by atoms with Crippen molar-refractivity contribution in [3.05, 3.63) is 23.5 Å². The Bertz CT molecular complexity index is 359. The minimum atomic E-state index is 0.536. The molecule has 108 valence electrons. The van der Waals surface area contributed by atoms with Gasteiger partial charge in [0.2, 0.25) is 0 Å². The number of nitrogens with zero attached hydrogens (tertiary/aromatic N) is 1. The van der Waals surface area contributed by atoms with Crippen molar-refractivity contribution < 1.29 is 14.2 Å². The number of methoxy groups -OCH3 is 1. The second kappa shape index (κ2) is 9.72. The topological polar surface area (TPSA) is 52.6 Å². The Morgan fingerprint density at radius 3 is 2.74 bits per heavy atom. The van der Waals surface area contributed by atoms with Crippen LogP contribution in [0.4, 0.5) is 0 Å². The summed E-state index contributed by atoms with van der Waals surface area (Å²) < 4.78 is 16.1. The van der Waals surface area contributed by atoms with Crippen LogP contribution in [0.3, 0.4) is 0 Å². The maximum atomic E-state index is 5.69. The molecule has 0 atom stereocenters. The van der Waals surface area contributed by atoms with E-state index in [-0.39, 0.29) is 0 Å². The maximum Gasteiger partial charge on any atom is 0.142 e. The SMILES string of the molecule is CNCc1nc(C)ccc1OCCOCCCOC. The average molecular weight is 268 g/mol. The molecule has 19 heavy (non-hydrogen) atoms. The summed E-state index contributed by atoms with van der Waals surface area (Å²) in [6, 6.07) is 3.91. The van der Waals surface area contributed by atoms with Gasteiger partial charge >= 0.3 is 0 Å². The summed E-state index contributed by atoms with van der Waals surface area (Å²) in [6.45, 7) is 5.22. The summed E-state index contributed by atoms with van der Waals surface area (Å²) in [4.78, 5) is 4.46. The van der Waals surface area contributed by atoms with Crippen LogP contribution in [0.5, 0.6) is 5.75 Å². The van der Waals surface area contributed by atoms with Gasteiger partial charge in [0.25, 0.3) is 0 Å². The van der Waals surface area contributed by atoms with E-state index in [2.05, 4.69) is 10.3 Å². The summed E-state index contributed by atoms with van der Waals surface area (Å²) in [6.07, 6.45) is 0.910. The zero-order valence-corrected chi connectivity index (χ0v) is 12.1. The second-order valence-corrected chi connectivity index (χ2v) is 4.23. The van der Waals surface area contributed by atoms with Gasteiger partial charge in [0, 0.05) is 32.6 Å². The first kappa shape index (κ1) is 15.9. The normalized spacial score (nSPS) is 10.7. The Balaban J connectivity index is 2.28. The molecule has 0 unspecified atom stereocenters. The van der Waals surface area contributed by atoms with Crippen LogP contribution < -0.4 is 10.1 Å². The number of aryl methyl sites for hydroxylation is 1. The van der Waals surface area contributed by atoms with E-state index < -0.39 is 0 Å². The van der Waals surface area contributed by atoms with Crippen molar-refractivity contribution in [2.75, 3.05) is 40.6 Å². The van der Waals surface area contributed by atoms with Crippen molar-refractivity contribution in [1.82, 2.24) is 10.3 Å². The van der Waals surface area contributed by atoms with Gasteiger partial charge in [0.15, 0.2) is 0 Å². The number of aromatic nitrogens is 1. The lowest BCUT2D eigenvalue weighted by Gasteiger charge is -2.11. The van der Waals surface area contributed by atoms with Crippen molar-refractivity contribution in [3.8, 4) is 5.75 Å². The van der Waals surface area contributed by atoms with E-state index in [0.717, 1.165) is 30.2 Å². The van der Waals surface area contributed by atoms with Crippen LogP contribution in [-0.2, 0) is 16.0 Å². The van der Waals surface area contributed by atoms with E-state index in [9.17, 15) is 0 Å². The first-order valence-electron chi connectivity index (χ1n) is 6.58. The fraction of sp³-hybridized carbons (Fsp3) is 0.643. The largest absolute Gasteiger partial charge is 0.489 e. The van der Waals surface area contributed by atoms with E-state index in [1.165, 1.54) is 0 Å². The van der Waals surface area contributed by atoms with Gasteiger partial charge < -0.3 is 19.5 Å². The lowest BCUT2D eigenvalue weighted by Crippen LogP contribution is -2.13. The van der Waals surface area contributed by atoms with Crippen LogP contribution in [0.1, 0.15) is 17.8 Å². The van der Waals surface area contributed by atoms with Crippen LogP contribution in [0.2, 0.25) is 0 Å². The first-order chi connectivity index (χ1) is 9.27. The smallest absolute Gasteiger partial charge is 0.142 e. The molecular weight excluding hydrogens is 244 g/mol. The zero-order valence-electron chi connectivity index (χ0n) is 12.1. The molecule has 0 spiro atoms. The van der Waals surface area contributed by atoms with Crippen LogP contribution >= 0.6 is 0 Å². The third-order valence-corrected chi connectivity index (χ3v) is 2.54. The summed E-state index contributed by atoms with van der Waals surface area (Å²) in [5.74, 6) is 0.820. The van der Waals surface area contributed by atoms with Crippen molar-refractivity contribution in [2.24, 2.45) is 0 Å². The lowest BCUT2D eigenvalue weighted by atomic mass is 10.3. The molecule has 5 nitrogen and oxygen atoms in total. The molecular formula is C14H24N2O3. The second-order valence-electron chi connectivity index (χ2n) is 4.23. The molecule has 1 aromatic heterocycles. The van der Waals surface area contributed by atoms with E-state index in [1.54, 1.807) is 7.11 Å². The molecule has 1 aromatic rings. The minimum Gasteiger partial charge on any atom is -0.489 e. The van der Waals surface area contributed by atoms with E-state index in [0.29, 0.717) is 26.4 Å². The van der Waals surface area contributed by atoms with Crippen LogP contribution in [-0.4, -0.2) is 45.6 Å². The molecule has 0 fully saturated rings. The van der Waals surface area contributed by atoms with E-state index >= 15 is 0 Å². The third kappa shape index (κ3) is 6.52. The van der Waals surface area contributed by atoms with Crippen LogP contribution in [0.25, 0.3) is 0 Å². The standard InChI is InChI=1S/C14H24N2O3/c1-12-5-6-14(13(16-12)11-15-2)19-10-9-18-8-4-7-17-3/h5-6,15H,4,7-11H2,1-3H3. The van der Waals surface area contributed by atoms with Crippen molar-refractivity contribution in [1.29, 1.82) is 0 Å². The molecule has 0 saturated carbocycles. The van der Waals surface area contributed by atoms with E-state index in [4.69, 9.17) is 14.2 Å². The number of pyridine rings is 1. The molecule has 0 aliphatic carbocycles. The van der Waals surface area contributed by atoms with Crippen molar-refractivity contribution in [3.63, 3.8) is 0 Å². The number of ether oxygens (including phenoxy) is 3. The maximum absolute atomic E-state index is 5.69. The van der Waals surface area contributed by atoms with Gasteiger partial charge in [-0.3, -0.25) is 4.98 Å². The van der Waals surface area contributed by atoms with Gasteiger partial charge in [-0.2, -0.15) is 0 Å². The quantitative estimate of drug-likeness (QED) is 0.652. The lowest BCUT2D eigenvalue weighted by molar-refractivity contribution is 0.0803. The predicted octanol–water partition coefficient (Wildman–Crippen LogP) is 1.54. The average Bonchev–Trinajstić information content (AvgIpc) is 2.40. The molecule has 0 bridgehead atoms. The third-order valence-electron chi connectivity index (χ3n) is 2.54. The van der Waals surface area contributed by atoms with Crippen molar-refractivity contribution >= 4 is 0 Å². The van der Waals surface area contributed by atoms with Crippen molar-refractivity contribution in [2.45, 2.75) is 19.9 Å². The number of hydrogen-bond acceptors (Lipinski definition) is 5. The Morgan fingerprint density at radius 2 is 2.00 bits per heavy atom. The summed E-state index contributed by atoms with van der Waals surface area (Å²) >= 11 is 0. The van der Waals surface area contributed by atoms with Gasteiger partial charge in [-0.25, -0.2) is 0 Å². The molecule has 1 heterocycles. The highest BCUT2D eigenvalue weighted by atomic mass is 16.5. The molecule has 0 amide bonds. The Morgan fingerprint density at radius 1 is 1.16 bits per heavy atom. The fourth-order valence-electron chi connectivity index (χ4n) is 1.64. The highest BCUT2D eigenvalue weighted by molar-refractivity contribution is 5.29. The minimum absolute atomic E-state index is 0.536. The molecule has 0 radical (unpaired) electrons. The van der Waals surface area contributed by atoms with Gasteiger partial charge in [-0.1, -0.05) is 0 Å². The molecule has 0 aromatic carbocycles. The van der Waals surface area contributed by atoms with Gasteiger partial charge in [-0.15, -0.1) is 0 Å². The summed E-state index contributed by atoms with van der Waals surface area (Å²) in [7, 11) is 3.59. The molecule has 0 aliphatic heterocycles. The molecule has 1 rings (SSSR count). The van der Waals surface area contributed by atoms with Crippen LogP contribution in [0.15, 0.2) is 12.1 Å². The monoisotopic (exact) mass is 268 g/mol. The summed E-state index contributed by atoms with van der Waals surface area (Å²) in [5.41, 5.74) is 1.93. The number of rotatable bonds is 10. The van der Waals surface area contributed by atoms with Gasteiger partial charge in [0.1, 0.15) is 12.4 Å². The highest BCUT2D eigenvalue weighted by Crippen LogP contribution is 2.16. The molecule has 0 aliphatic rings.